The summed E-state index contributed by atoms with van der Waals surface area (Å²) in [6.07, 6.45) is 2.31. The molecular weight excluding hydrogens is 190 g/mol. The minimum atomic E-state index is 0.273. The van der Waals surface area contributed by atoms with Gasteiger partial charge in [-0.2, -0.15) is 0 Å². The van der Waals surface area contributed by atoms with E-state index in [1.807, 2.05) is 12.1 Å². The summed E-state index contributed by atoms with van der Waals surface area (Å²) < 4.78 is 5.63. The van der Waals surface area contributed by atoms with Gasteiger partial charge in [-0.1, -0.05) is 12.1 Å². The third-order valence-corrected chi connectivity index (χ3v) is 3.36. The molecule has 3 rings (SSSR count). The molecule has 2 heterocycles. The number of phenols is 1. The number of phenolic OH excluding ortho intramolecular Hbond substituents is 1. The van der Waals surface area contributed by atoms with Crippen LogP contribution >= 0.6 is 0 Å². The van der Waals surface area contributed by atoms with Crippen LogP contribution in [0.2, 0.25) is 0 Å². The zero-order valence-electron chi connectivity index (χ0n) is 8.65. The zero-order valence-corrected chi connectivity index (χ0v) is 8.65. The van der Waals surface area contributed by atoms with Crippen molar-refractivity contribution in [2.75, 3.05) is 19.7 Å². The van der Waals surface area contributed by atoms with Crippen LogP contribution in [0.1, 0.15) is 12.0 Å². The van der Waals surface area contributed by atoms with Crippen molar-refractivity contribution >= 4 is 0 Å². The summed E-state index contributed by atoms with van der Waals surface area (Å²) >= 11 is 0. The summed E-state index contributed by atoms with van der Waals surface area (Å²) in [4.78, 5) is 2.45. The van der Waals surface area contributed by atoms with Crippen molar-refractivity contribution in [2.45, 2.75) is 18.9 Å². The predicted octanol–water partition coefficient (Wildman–Crippen LogP) is 1.40. The van der Waals surface area contributed by atoms with Crippen LogP contribution in [0.5, 0.6) is 11.5 Å². The van der Waals surface area contributed by atoms with Gasteiger partial charge in [0, 0.05) is 6.04 Å². The second kappa shape index (κ2) is 3.42. The van der Waals surface area contributed by atoms with E-state index in [-0.39, 0.29) is 5.75 Å². The summed E-state index contributed by atoms with van der Waals surface area (Å²) in [5, 5.41) is 9.61. The van der Waals surface area contributed by atoms with Gasteiger partial charge in [0.05, 0.1) is 0 Å². The Morgan fingerprint density at radius 1 is 1.33 bits per heavy atom. The number of likely N-dealkylation sites (tertiary alicyclic amines) is 1. The number of rotatable bonds is 1. The quantitative estimate of drug-likeness (QED) is 0.752. The number of fused-ring (bicyclic) bond motifs is 1. The van der Waals surface area contributed by atoms with E-state index in [0.717, 1.165) is 12.0 Å². The van der Waals surface area contributed by atoms with Crippen LogP contribution in [-0.4, -0.2) is 35.7 Å². The number of benzene rings is 1. The molecule has 0 aromatic heterocycles. The van der Waals surface area contributed by atoms with Crippen LogP contribution in [-0.2, 0) is 6.42 Å². The number of hydrogen-bond acceptors (Lipinski definition) is 3. The largest absolute Gasteiger partial charge is 0.504 e. The summed E-state index contributed by atoms with van der Waals surface area (Å²) in [5.74, 6) is 0.962. The van der Waals surface area contributed by atoms with E-state index in [1.165, 1.54) is 19.5 Å². The second-order valence-electron chi connectivity index (χ2n) is 4.32. The molecule has 0 amide bonds. The fourth-order valence-electron chi connectivity index (χ4n) is 2.33. The van der Waals surface area contributed by atoms with Gasteiger partial charge in [0.15, 0.2) is 11.5 Å². The van der Waals surface area contributed by atoms with Gasteiger partial charge in [0.25, 0.3) is 0 Å². The van der Waals surface area contributed by atoms with Crippen LogP contribution in [0.15, 0.2) is 18.2 Å². The van der Waals surface area contributed by atoms with Gasteiger partial charge >= 0.3 is 0 Å². The summed E-state index contributed by atoms with van der Waals surface area (Å²) in [6.45, 7) is 3.11. The molecule has 1 atom stereocenters. The van der Waals surface area contributed by atoms with Gasteiger partial charge in [0.1, 0.15) is 6.61 Å². The fourth-order valence-corrected chi connectivity index (χ4v) is 2.33. The molecule has 1 fully saturated rings. The number of hydrogen-bond donors (Lipinski definition) is 1. The summed E-state index contributed by atoms with van der Waals surface area (Å²) in [7, 11) is 0. The zero-order chi connectivity index (χ0) is 10.3. The molecule has 15 heavy (non-hydrogen) atoms. The van der Waals surface area contributed by atoms with Gasteiger partial charge < -0.3 is 9.84 Å². The average molecular weight is 205 g/mol. The lowest BCUT2D eigenvalue weighted by Gasteiger charge is -2.40. The first-order valence-electron chi connectivity index (χ1n) is 5.52. The molecule has 2 aliphatic rings. The molecule has 3 nitrogen and oxygen atoms in total. The van der Waals surface area contributed by atoms with Gasteiger partial charge in [-0.3, -0.25) is 4.90 Å². The summed E-state index contributed by atoms with van der Waals surface area (Å²) in [6, 6.07) is 6.12. The molecule has 1 unspecified atom stereocenters. The van der Waals surface area contributed by atoms with Crippen LogP contribution in [0.4, 0.5) is 0 Å². The first kappa shape index (κ1) is 9.04. The fraction of sp³-hybridized carbons (Fsp3) is 0.500. The van der Waals surface area contributed by atoms with Crippen molar-refractivity contribution < 1.29 is 9.84 Å². The second-order valence-corrected chi connectivity index (χ2v) is 4.32. The first-order chi connectivity index (χ1) is 7.34. The van der Waals surface area contributed by atoms with Crippen molar-refractivity contribution in [3.8, 4) is 11.5 Å². The highest BCUT2D eigenvalue weighted by atomic mass is 16.5. The first-order valence-corrected chi connectivity index (χ1v) is 5.52. The third kappa shape index (κ3) is 1.47. The Balaban J connectivity index is 1.83. The monoisotopic (exact) mass is 205 g/mol. The molecule has 0 bridgehead atoms. The van der Waals surface area contributed by atoms with Crippen LogP contribution < -0.4 is 4.74 Å². The van der Waals surface area contributed by atoms with Crippen molar-refractivity contribution in [3.05, 3.63) is 23.8 Å². The van der Waals surface area contributed by atoms with Gasteiger partial charge in [0.2, 0.25) is 0 Å². The lowest BCUT2D eigenvalue weighted by Crippen LogP contribution is -2.50. The molecule has 0 spiro atoms. The Hall–Kier alpha value is -1.22. The minimum Gasteiger partial charge on any atom is -0.504 e. The number of aromatic hydroxyl groups is 1. The molecule has 1 aromatic rings. The highest BCUT2D eigenvalue weighted by Crippen LogP contribution is 2.35. The maximum atomic E-state index is 9.61. The van der Waals surface area contributed by atoms with E-state index < -0.39 is 0 Å². The molecule has 0 radical (unpaired) electrons. The normalized spacial score (nSPS) is 25.2. The molecule has 0 saturated carbocycles. The van der Waals surface area contributed by atoms with Crippen molar-refractivity contribution in [1.29, 1.82) is 0 Å². The van der Waals surface area contributed by atoms with Crippen LogP contribution in [0.25, 0.3) is 0 Å². The number of nitrogens with zero attached hydrogens (tertiary/aromatic N) is 1. The van der Waals surface area contributed by atoms with Crippen molar-refractivity contribution in [1.82, 2.24) is 4.90 Å². The molecule has 3 heteroatoms. The van der Waals surface area contributed by atoms with Gasteiger partial charge in [-0.15, -0.1) is 0 Å². The molecule has 1 aromatic carbocycles. The highest BCUT2D eigenvalue weighted by Gasteiger charge is 2.29. The maximum absolute atomic E-state index is 9.61. The van der Waals surface area contributed by atoms with E-state index in [0.29, 0.717) is 18.4 Å². The lowest BCUT2D eigenvalue weighted by atomic mass is 9.99. The van der Waals surface area contributed by atoms with Gasteiger partial charge in [-0.05, 0) is 37.6 Å². The SMILES string of the molecule is Oc1cccc2c1OCC(N1CCC1)C2. The Morgan fingerprint density at radius 2 is 2.20 bits per heavy atom. The van der Waals surface area contributed by atoms with E-state index in [9.17, 15) is 5.11 Å². The molecule has 2 aliphatic heterocycles. The average Bonchev–Trinajstić information content (AvgIpc) is 2.15. The van der Waals surface area contributed by atoms with E-state index in [1.54, 1.807) is 6.07 Å². The van der Waals surface area contributed by atoms with Crippen molar-refractivity contribution in [2.24, 2.45) is 0 Å². The van der Waals surface area contributed by atoms with E-state index in [2.05, 4.69) is 4.90 Å². The number of ether oxygens (including phenoxy) is 1. The predicted molar refractivity (Wildman–Crippen MR) is 57.3 cm³/mol. The molecule has 0 aliphatic carbocycles. The summed E-state index contributed by atoms with van der Waals surface area (Å²) in [5.41, 5.74) is 1.14. The Labute approximate surface area is 89.3 Å². The molecular formula is C12H15NO2. The lowest BCUT2D eigenvalue weighted by molar-refractivity contribution is 0.0680. The topological polar surface area (TPSA) is 32.7 Å². The molecule has 1 saturated heterocycles. The smallest absolute Gasteiger partial charge is 0.164 e. The van der Waals surface area contributed by atoms with Crippen LogP contribution in [0, 0.1) is 0 Å². The van der Waals surface area contributed by atoms with E-state index in [4.69, 9.17) is 4.74 Å². The molecule has 80 valence electrons. The van der Waals surface area contributed by atoms with Gasteiger partial charge in [-0.25, -0.2) is 0 Å². The maximum Gasteiger partial charge on any atom is 0.164 e. The standard InChI is InChI=1S/C12H15NO2/c14-11-4-1-3-9-7-10(8-15-12(9)11)13-5-2-6-13/h1,3-4,10,14H,2,5-8H2. The molecule has 1 N–H and O–H groups in total. The van der Waals surface area contributed by atoms with E-state index >= 15 is 0 Å². The number of para-hydroxylation sites is 1. The van der Waals surface area contributed by atoms with Crippen molar-refractivity contribution in [3.63, 3.8) is 0 Å². The Bertz CT molecular complexity index is 374. The van der Waals surface area contributed by atoms with Crippen LogP contribution in [0.3, 0.4) is 0 Å². The third-order valence-electron chi connectivity index (χ3n) is 3.36. The minimum absolute atomic E-state index is 0.273. The Morgan fingerprint density at radius 3 is 2.93 bits per heavy atom. The Kier molecular flexibility index (Phi) is 2.06. The highest BCUT2D eigenvalue weighted by molar-refractivity contribution is 5.47.